The third kappa shape index (κ3) is 8.91. The Morgan fingerprint density at radius 2 is 1.45 bits per heavy atom. The van der Waals surface area contributed by atoms with E-state index in [1.165, 1.54) is 6.20 Å². The van der Waals surface area contributed by atoms with E-state index in [0.29, 0.717) is 28.4 Å². The van der Waals surface area contributed by atoms with Crippen molar-refractivity contribution in [3.63, 3.8) is 0 Å². The highest BCUT2D eigenvalue weighted by Gasteiger charge is 2.38. The normalized spacial score (nSPS) is 11.1. The summed E-state index contributed by atoms with van der Waals surface area (Å²) in [7, 11) is 0. The van der Waals surface area contributed by atoms with E-state index < -0.39 is 30.1 Å². The van der Waals surface area contributed by atoms with E-state index >= 15 is 0 Å². The van der Waals surface area contributed by atoms with Gasteiger partial charge < -0.3 is 15.5 Å². The molecule has 3 heterocycles. The van der Waals surface area contributed by atoms with Crippen molar-refractivity contribution in [1.82, 2.24) is 29.7 Å². The first-order valence-corrected chi connectivity index (χ1v) is 11.8. The lowest BCUT2D eigenvalue weighted by Gasteiger charge is -2.10. The van der Waals surface area contributed by atoms with Gasteiger partial charge in [0, 0.05) is 34.6 Å². The second-order valence-electron chi connectivity index (χ2n) is 8.31. The highest BCUT2D eigenvalue weighted by atomic mass is 19.4. The molecule has 230 valence electrons. The fraction of sp³-hybridized carbons (Fsp3) is 0.115. The number of halogens is 7. The number of aryl methyl sites for hydroxylation is 1. The Bertz CT molecular complexity index is 1730. The van der Waals surface area contributed by atoms with E-state index in [1.807, 2.05) is 49.4 Å². The molecule has 0 aliphatic heterocycles. The highest BCUT2D eigenvalue weighted by molar-refractivity contribution is 5.94. The van der Waals surface area contributed by atoms with Crippen molar-refractivity contribution < 1.29 is 50.5 Å². The molecule has 3 N–H and O–H groups in total. The topological polar surface area (TPSA) is 156 Å². The second kappa shape index (κ2) is 13.5. The van der Waals surface area contributed by atoms with Gasteiger partial charge in [0.2, 0.25) is 5.95 Å². The lowest BCUT2D eigenvalue weighted by molar-refractivity contribution is -0.193. The van der Waals surface area contributed by atoms with Gasteiger partial charge in [0.05, 0.1) is 17.4 Å². The number of hydrogen-bond donors (Lipinski definition) is 3. The van der Waals surface area contributed by atoms with Crippen molar-refractivity contribution in [2.45, 2.75) is 19.3 Å². The molecule has 0 unspecified atom stereocenters. The van der Waals surface area contributed by atoms with E-state index in [9.17, 15) is 30.7 Å². The monoisotopic (exact) mass is 625 g/mol. The Morgan fingerprint density at radius 3 is 1.98 bits per heavy atom. The quantitative estimate of drug-likeness (QED) is 0.211. The van der Waals surface area contributed by atoms with Crippen molar-refractivity contribution in [3.8, 4) is 16.8 Å². The summed E-state index contributed by atoms with van der Waals surface area (Å²) in [6, 6.07) is 14.9. The number of carbonyl (C=O) groups is 2. The molecule has 2 aromatic carbocycles. The van der Waals surface area contributed by atoms with Crippen LogP contribution in [-0.4, -0.2) is 64.2 Å². The zero-order valence-corrected chi connectivity index (χ0v) is 22.0. The van der Waals surface area contributed by atoms with Crippen LogP contribution in [0, 0.1) is 12.7 Å². The van der Waals surface area contributed by atoms with Crippen LogP contribution in [0.5, 0.6) is 0 Å². The first kappa shape index (κ1) is 32.8. The zero-order chi connectivity index (χ0) is 32.7. The molecule has 3 aromatic heterocycles. The Kier molecular flexibility index (Phi) is 10.1. The minimum absolute atomic E-state index is 0.392. The summed E-state index contributed by atoms with van der Waals surface area (Å²) in [5.41, 5.74) is 3.52. The van der Waals surface area contributed by atoms with Gasteiger partial charge in [-0.25, -0.2) is 33.6 Å². The smallest absolute Gasteiger partial charge is 0.475 e. The Hall–Kier alpha value is -5.68. The number of hydrogen-bond acceptors (Lipinski definition) is 8. The van der Waals surface area contributed by atoms with Crippen LogP contribution >= 0.6 is 0 Å². The Balaban J connectivity index is 0.000000317. The number of fused-ring (bicyclic) bond motifs is 1. The van der Waals surface area contributed by atoms with E-state index in [1.54, 1.807) is 29.5 Å². The summed E-state index contributed by atoms with van der Waals surface area (Å²) in [6.07, 6.45) is -4.01. The van der Waals surface area contributed by atoms with Gasteiger partial charge in [0.15, 0.2) is 0 Å². The second-order valence-corrected chi connectivity index (χ2v) is 8.31. The molecule has 0 radical (unpaired) electrons. The van der Waals surface area contributed by atoms with Gasteiger partial charge in [0.25, 0.3) is 0 Å². The summed E-state index contributed by atoms with van der Waals surface area (Å²) in [6.45, 7) is 1.84. The van der Waals surface area contributed by atoms with Crippen LogP contribution in [0.2, 0.25) is 0 Å². The predicted octanol–water partition coefficient (Wildman–Crippen LogP) is 5.73. The molecule has 0 fully saturated rings. The maximum atomic E-state index is 14.3. The highest BCUT2D eigenvalue weighted by Crippen LogP contribution is 2.29. The molecule has 0 spiro atoms. The van der Waals surface area contributed by atoms with E-state index in [4.69, 9.17) is 19.8 Å². The van der Waals surface area contributed by atoms with Crippen LogP contribution in [0.4, 0.5) is 42.4 Å². The minimum Gasteiger partial charge on any atom is -0.475 e. The standard InChI is InChI=1S/C22H16FN7.2C2HF3O2/c1-14-26-13-30(29-14)17-7-5-16(6-8-17)27-22-25-11-15-3-2-4-19(21(15)28-22)18-9-10-24-12-20(18)23;2*3-2(4,5)1(6)7/h2-13H,1H3,(H,25,27,28);2*(H,6,7). The number of rotatable bonds is 4. The summed E-state index contributed by atoms with van der Waals surface area (Å²) >= 11 is 0. The molecular weight excluding hydrogens is 607 g/mol. The van der Waals surface area contributed by atoms with Crippen molar-refractivity contribution in [3.05, 3.63) is 85.1 Å². The number of pyridine rings is 1. The number of aromatic nitrogens is 6. The zero-order valence-electron chi connectivity index (χ0n) is 22.0. The van der Waals surface area contributed by atoms with Crippen LogP contribution in [-0.2, 0) is 9.59 Å². The molecule has 5 aromatic rings. The number of aliphatic carboxylic acids is 2. The minimum atomic E-state index is -5.08. The fourth-order valence-electron chi connectivity index (χ4n) is 3.22. The van der Waals surface area contributed by atoms with Gasteiger partial charge in [-0.3, -0.25) is 4.98 Å². The van der Waals surface area contributed by atoms with Gasteiger partial charge in [-0.15, -0.1) is 0 Å². The molecule has 0 atom stereocenters. The number of nitrogens with zero attached hydrogens (tertiary/aromatic N) is 6. The number of nitrogens with one attached hydrogen (secondary N) is 1. The molecule has 0 bridgehead atoms. The van der Waals surface area contributed by atoms with Crippen molar-refractivity contribution >= 4 is 34.5 Å². The summed E-state index contributed by atoms with van der Waals surface area (Å²) in [4.78, 5) is 34.8. The lowest BCUT2D eigenvalue weighted by Crippen LogP contribution is -2.21. The summed E-state index contributed by atoms with van der Waals surface area (Å²) < 4.78 is 79.5. The van der Waals surface area contributed by atoms with Crippen LogP contribution in [0.15, 0.2) is 73.4 Å². The molecule has 0 saturated carbocycles. The molecule has 44 heavy (non-hydrogen) atoms. The summed E-state index contributed by atoms with van der Waals surface area (Å²) in [5.74, 6) is -4.77. The van der Waals surface area contributed by atoms with Crippen molar-refractivity contribution in [1.29, 1.82) is 0 Å². The van der Waals surface area contributed by atoms with Crippen molar-refractivity contribution in [2.24, 2.45) is 0 Å². The molecule has 0 aliphatic rings. The number of para-hydroxylation sites is 1. The molecule has 0 amide bonds. The van der Waals surface area contributed by atoms with Crippen LogP contribution < -0.4 is 5.32 Å². The van der Waals surface area contributed by atoms with Gasteiger partial charge in [0.1, 0.15) is 18.0 Å². The number of alkyl halides is 6. The van der Waals surface area contributed by atoms with Crippen molar-refractivity contribution in [2.75, 3.05) is 5.32 Å². The molecule has 0 aliphatic carbocycles. The maximum absolute atomic E-state index is 14.3. The Morgan fingerprint density at radius 1 is 0.841 bits per heavy atom. The number of carboxylic acids is 2. The molecular formula is C26H18F7N7O4. The fourth-order valence-corrected chi connectivity index (χ4v) is 3.22. The van der Waals surface area contributed by atoms with E-state index in [2.05, 4.69) is 30.4 Å². The first-order chi connectivity index (χ1) is 20.6. The average molecular weight is 625 g/mol. The summed E-state index contributed by atoms with van der Waals surface area (Å²) in [5, 5.41) is 22.6. The number of benzene rings is 2. The SMILES string of the molecule is Cc1ncn(-c2ccc(Nc3ncc4cccc(-c5ccncc5F)c4n3)cc2)n1.O=C(O)C(F)(F)F.O=C(O)C(F)(F)F. The number of carboxylic acid groups (broad SMARTS) is 2. The first-order valence-electron chi connectivity index (χ1n) is 11.8. The Labute approximate surface area is 241 Å². The molecule has 18 heteroatoms. The van der Waals surface area contributed by atoms with Crippen LogP contribution in [0.3, 0.4) is 0 Å². The maximum Gasteiger partial charge on any atom is 0.490 e. The van der Waals surface area contributed by atoms with Crippen LogP contribution in [0.25, 0.3) is 27.7 Å². The largest absolute Gasteiger partial charge is 0.490 e. The van der Waals surface area contributed by atoms with Gasteiger partial charge >= 0.3 is 24.3 Å². The van der Waals surface area contributed by atoms with Gasteiger partial charge in [-0.2, -0.15) is 31.4 Å². The van der Waals surface area contributed by atoms with Crippen LogP contribution in [0.1, 0.15) is 5.82 Å². The van der Waals surface area contributed by atoms with E-state index in [-0.39, 0.29) is 0 Å². The molecule has 5 rings (SSSR count). The molecule has 11 nitrogen and oxygen atoms in total. The molecule has 0 saturated heterocycles. The predicted molar refractivity (Wildman–Crippen MR) is 139 cm³/mol. The third-order valence-electron chi connectivity index (χ3n) is 5.15. The average Bonchev–Trinajstić information content (AvgIpc) is 3.39. The van der Waals surface area contributed by atoms with Gasteiger partial charge in [-0.05, 0) is 37.3 Å². The third-order valence-corrected chi connectivity index (χ3v) is 5.15. The number of anilines is 2. The van der Waals surface area contributed by atoms with Gasteiger partial charge in [-0.1, -0.05) is 18.2 Å². The van der Waals surface area contributed by atoms with E-state index in [0.717, 1.165) is 16.8 Å². The lowest BCUT2D eigenvalue weighted by atomic mass is 10.0.